The lowest BCUT2D eigenvalue weighted by Gasteiger charge is -2.07. The van der Waals surface area contributed by atoms with E-state index in [1.807, 2.05) is 0 Å². The average Bonchev–Trinajstić information content (AvgIpc) is 2.78. The van der Waals surface area contributed by atoms with Crippen molar-refractivity contribution in [3.05, 3.63) is 105 Å². The van der Waals surface area contributed by atoms with Gasteiger partial charge in [-0.1, -0.05) is 11.6 Å². The Labute approximate surface area is 181 Å². The summed E-state index contributed by atoms with van der Waals surface area (Å²) in [7, 11) is 0. The van der Waals surface area contributed by atoms with Gasteiger partial charge in [-0.3, -0.25) is 19.7 Å². The van der Waals surface area contributed by atoms with Gasteiger partial charge < -0.3 is 10.1 Å². The Balaban J connectivity index is 1.55. The quantitative estimate of drug-likeness (QED) is 0.250. The van der Waals surface area contributed by atoms with Crippen molar-refractivity contribution in [2.75, 3.05) is 11.9 Å². The molecule has 0 aliphatic heterocycles. The van der Waals surface area contributed by atoms with E-state index in [9.17, 15) is 24.5 Å². The molecular formula is C22H15ClN2O6. The fraction of sp³-hybridized carbons (Fsp3) is 0.0455. The van der Waals surface area contributed by atoms with Gasteiger partial charge in [0.25, 0.3) is 11.6 Å². The molecule has 3 aromatic rings. The lowest BCUT2D eigenvalue weighted by Crippen LogP contribution is -2.15. The number of benzene rings is 3. The number of anilines is 1. The van der Waals surface area contributed by atoms with E-state index in [4.69, 9.17) is 16.3 Å². The predicted octanol–water partition coefficient (Wildman–Crippen LogP) is 4.54. The van der Waals surface area contributed by atoms with Crippen molar-refractivity contribution in [2.45, 2.75) is 0 Å². The molecule has 3 rings (SSSR count). The Kier molecular flexibility index (Phi) is 6.74. The Morgan fingerprint density at radius 3 is 1.97 bits per heavy atom. The van der Waals surface area contributed by atoms with E-state index in [0.29, 0.717) is 16.3 Å². The van der Waals surface area contributed by atoms with Crippen molar-refractivity contribution < 1.29 is 24.0 Å². The lowest BCUT2D eigenvalue weighted by atomic mass is 10.1. The number of ether oxygens (including phenoxy) is 1. The molecule has 3 aromatic carbocycles. The van der Waals surface area contributed by atoms with Gasteiger partial charge in [0, 0.05) is 34.0 Å². The van der Waals surface area contributed by atoms with Crippen molar-refractivity contribution in [2.24, 2.45) is 0 Å². The summed E-state index contributed by atoms with van der Waals surface area (Å²) < 4.78 is 5.00. The first kappa shape index (κ1) is 21.7. The van der Waals surface area contributed by atoms with Crippen LogP contribution in [-0.4, -0.2) is 29.2 Å². The average molecular weight is 439 g/mol. The molecule has 8 nitrogen and oxygen atoms in total. The Morgan fingerprint density at radius 2 is 1.39 bits per heavy atom. The molecule has 31 heavy (non-hydrogen) atoms. The highest BCUT2D eigenvalue weighted by Crippen LogP contribution is 2.15. The van der Waals surface area contributed by atoms with E-state index in [2.05, 4.69) is 5.32 Å². The van der Waals surface area contributed by atoms with Crippen LogP contribution in [0.3, 0.4) is 0 Å². The molecule has 1 N–H and O–H groups in total. The number of non-ortho nitro benzene ring substituents is 1. The molecule has 1 amide bonds. The number of esters is 1. The number of nitro groups is 1. The number of hydrogen-bond donors (Lipinski definition) is 1. The topological polar surface area (TPSA) is 116 Å². The third kappa shape index (κ3) is 5.74. The van der Waals surface area contributed by atoms with E-state index in [0.717, 1.165) is 0 Å². The number of rotatable bonds is 7. The summed E-state index contributed by atoms with van der Waals surface area (Å²) in [4.78, 5) is 46.5. The van der Waals surface area contributed by atoms with E-state index < -0.39 is 23.3 Å². The van der Waals surface area contributed by atoms with E-state index >= 15 is 0 Å². The zero-order valence-electron chi connectivity index (χ0n) is 15.9. The number of nitro benzene ring substituents is 1. The summed E-state index contributed by atoms with van der Waals surface area (Å²) in [6.45, 7) is -0.508. The minimum atomic E-state index is -0.717. The predicted molar refractivity (Wildman–Crippen MR) is 114 cm³/mol. The highest BCUT2D eigenvalue weighted by molar-refractivity contribution is 6.30. The van der Waals surface area contributed by atoms with Gasteiger partial charge in [-0.15, -0.1) is 0 Å². The second-order valence-corrected chi connectivity index (χ2v) is 6.78. The van der Waals surface area contributed by atoms with Crippen molar-refractivity contribution in [3.8, 4) is 0 Å². The van der Waals surface area contributed by atoms with Crippen LogP contribution in [0.1, 0.15) is 31.1 Å². The molecule has 0 aromatic heterocycles. The fourth-order valence-electron chi connectivity index (χ4n) is 2.56. The van der Waals surface area contributed by atoms with Gasteiger partial charge in [0.15, 0.2) is 12.4 Å². The Morgan fingerprint density at radius 1 is 0.839 bits per heavy atom. The zero-order valence-corrected chi connectivity index (χ0v) is 16.7. The normalized spacial score (nSPS) is 10.2. The van der Waals surface area contributed by atoms with Crippen molar-refractivity contribution in [3.63, 3.8) is 0 Å². The number of Topliss-reactive ketones (excluding diaryl/α,β-unsaturated/α-hetero) is 1. The number of nitrogens with zero attached hydrogens (tertiary/aromatic N) is 1. The molecule has 0 aliphatic carbocycles. The molecule has 0 radical (unpaired) electrons. The third-order valence-electron chi connectivity index (χ3n) is 4.22. The maximum absolute atomic E-state index is 12.2. The van der Waals surface area contributed by atoms with Gasteiger partial charge in [-0.2, -0.15) is 0 Å². The number of nitrogens with one attached hydrogen (secondary N) is 1. The largest absolute Gasteiger partial charge is 0.454 e. The Hall–Kier alpha value is -4.04. The second-order valence-electron chi connectivity index (χ2n) is 6.34. The van der Waals surface area contributed by atoms with Crippen LogP contribution >= 0.6 is 11.6 Å². The monoisotopic (exact) mass is 438 g/mol. The summed E-state index contributed by atoms with van der Waals surface area (Å²) in [6, 6.07) is 17.4. The van der Waals surface area contributed by atoms with Crippen LogP contribution in [0.2, 0.25) is 5.02 Å². The molecule has 0 heterocycles. The number of carbonyl (C=O) groups excluding carboxylic acids is 3. The number of halogens is 1. The number of amides is 1. The number of ketones is 1. The number of hydrogen-bond acceptors (Lipinski definition) is 6. The first-order valence-electron chi connectivity index (χ1n) is 8.95. The third-order valence-corrected chi connectivity index (χ3v) is 4.47. The zero-order chi connectivity index (χ0) is 22.4. The molecule has 0 atom stereocenters. The molecule has 0 saturated heterocycles. The molecular weight excluding hydrogens is 424 g/mol. The van der Waals surface area contributed by atoms with E-state index in [-0.39, 0.29) is 22.7 Å². The maximum Gasteiger partial charge on any atom is 0.338 e. The minimum absolute atomic E-state index is 0.142. The molecule has 0 fully saturated rings. The van der Waals surface area contributed by atoms with Crippen molar-refractivity contribution >= 4 is 40.6 Å². The van der Waals surface area contributed by atoms with Crippen LogP contribution in [0.15, 0.2) is 72.8 Å². The highest BCUT2D eigenvalue weighted by Gasteiger charge is 2.14. The van der Waals surface area contributed by atoms with Crippen molar-refractivity contribution in [1.29, 1.82) is 0 Å². The molecule has 0 saturated carbocycles. The van der Waals surface area contributed by atoms with Gasteiger partial charge in [-0.05, 0) is 60.7 Å². The lowest BCUT2D eigenvalue weighted by molar-refractivity contribution is -0.384. The molecule has 9 heteroatoms. The van der Waals surface area contributed by atoms with Gasteiger partial charge in [0.2, 0.25) is 0 Å². The first-order valence-corrected chi connectivity index (χ1v) is 9.33. The minimum Gasteiger partial charge on any atom is -0.454 e. The summed E-state index contributed by atoms with van der Waals surface area (Å²) in [5.41, 5.74) is 1.15. The number of carbonyl (C=O) groups is 3. The first-order chi connectivity index (χ1) is 14.8. The smallest absolute Gasteiger partial charge is 0.338 e. The van der Waals surface area contributed by atoms with Crippen LogP contribution in [0, 0.1) is 10.1 Å². The summed E-state index contributed by atoms with van der Waals surface area (Å²) in [5, 5.41) is 13.9. The highest BCUT2D eigenvalue weighted by atomic mass is 35.5. The van der Waals surface area contributed by atoms with Crippen LogP contribution in [-0.2, 0) is 4.74 Å². The van der Waals surface area contributed by atoms with Gasteiger partial charge in [0.05, 0.1) is 10.5 Å². The van der Waals surface area contributed by atoms with Crippen LogP contribution in [0.5, 0.6) is 0 Å². The maximum atomic E-state index is 12.2. The molecule has 0 aliphatic rings. The SMILES string of the molecule is O=C(COC(=O)c1ccc(NC(=O)c2ccc(Cl)cc2)cc1)c1ccc([N+](=O)[O-])cc1. The van der Waals surface area contributed by atoms with Crippen LogP contribution in [0.25, 0.3) is 0 Å². The van der Waals surface area contributed by atoms with E-state index in [1.54, 1.807) is 24.3 Å². The van der Waals surface area contributed by atoms with E-state index in [1.165, 1.54) is 48.5 Å². The van der Waals surface area contributed by atoms with Gasteiger partial charge in [-0.25, -0.2) is 4.79 Å². The van der Waals surface area contributed by atoms with Gasteiger partial charge >= 0.3 is 5.97 Å². The summed E-state index contributed by atoms with van der Waals surface area (Å²) in [6.07, 6.45) is 0. The van der Waals surface area contributed by atoms with Crippen molar-refractivity contribution in [1.82, 2.24) is 0 Å². The fourth-order valence-corrected chi connectivity index (χ4v) is 2.69. The molecule has 0 bridgehead atoms. The molecule has 0 unspecified atom stereocenters. The second kappa shape index (κ2) is 9.64. The summed E-state index contributed by atoms with van der Waals surface area (Å²) >= 11 is 5.80. The summed E-state index contributed by atoms with van der Waals surface area (Å²) in [5.74, 6) is -1.54. The van der Waals surface area contributed by atoms with Crippen LogP contribution < -0.4 is 5.32 Å². The van der Waals surface area contributed by atoms with Crippen LogP contribution in [0.4, 0.5) is 11.4 Å². The Bertz CT molecular complexity index is 1130. The van der Waals surface area contributed by atoms with Gasteiger partial charge in [0.1, 0.15) is 0 Å². The standard InChI is InChI=1S/C22H15ClN2O6/c23-17-7-1-15(2-8-17)21(27)24-18-9-3-16(4-10-18)22(28)31-13-20(26)14-5-11-19(12-6-14)25(29)30/h1-12H,13H2,(H,24,27). The molecule has 0 spiro atoms. The molecule has 156 valence electrons.